The predicted octanol–water partition coefficient (Wildman–Crippen LogP) is 4.55. The molecule has 0 fully saturated rings. The van der Waals surface area contributed by atoms with E-state index in [0.717, 1.165) is 40.0 Å². The number of carbonyl (C=O) groups is 1. The van der Waals surface area contributed by atoms with Crippen LogP contribution in [0.5, 0.6) is 0 Å². The number of aromatic nitrogens is 3. The van der Waals surface area contributed by atoms with E-state index < -0.39 is 0 Å². The number of para-hydroxylation sites is 2. The molecule has 0 aliphatic heterocycles. The number of nitrogens with one attached hydrogen (secondary N) is 2. The fourth-order valence-corrected chi connectivity index (χ4v) is 4.58. The Morgan fingerprint density at radius 3 is 2.77 bits per heavy atom. The second-order valence-electron chi connectivity index (χ2n) is 7.10. The highest BCUT2D eigenvalue weighted by atomic mass is 32.1. The lowest BCUT2D eigenvalue weighted by Gasteiger charge is -2.08. The Balaban J connectivity index is 1.22. The van der Waals surface area contributed by atoms with Crippen LogP contribution in [0.2, 0.25) is 0 Å². The summed E-state index contributed by atoms with van der Waals surface area (Å²) in [4.78, 5) is 32.4. The molecule has 0 aliphatic rings. The quantitative estimate of drug-likeness (QED) is 0.313. The van der Waals surface area contributed by atoms with Crippen LogP contribution in [-0.4, -0.2) is 20.4 Å². The summed E-state index contributed by atoms with van der Waals surface area (Å²) in [5.74, 6) is 0.0226. The van der Waals surface area contributed by atoms with Crippen molar-refractivity contribution in [1.29, 1.82) is 0 Å². The third kappa shape index (κ3) is 4.66. The summed E-state index contributed by atoms with van der Waals surface area (Å²) in [6.07, 6.45) is 2.87. The van der Waals surface area contributed by atoms with Crippen molar-refractivity contribution in [2.24, 2.45) is 0 Å². The average molecular weight is 439 g/mol. The third-order valence-corrected chi connectivity index (χ3v) is 6.31. The molecule has 8 heteroatoms. The zero-order valence-corrected chi connectivity index (χ0v) is 18.0. The monoisotopic (exact) mass is 438 g/mol. The number of carbonyl (C=O) groups excluding carboxylic acids is 1. The van der Waals surface area contributed by atoms with Crippen molar-refractivity contribution in [3.8, 4) is 0 Å². The molecule has 6 nitrogen and oxygen atoms in total. The number of unbranched alkanes of at least 4 members (excludes halogenated alkanes) is 2. The van der Waals surface area contributed by atoms with Gasteiger partial charge in [0.2, 0.25) is 5.91 Å². The Bertz CT molecular complexity index is 1270. The highest BCUT2D eigenvalue weighted by Crippen LogP contribution is 2.21. The van der Waals surface area contributed by atoms with Crippen molar-refractivity contribution < 1.29 is 4.79 Å². The van der Waals surface area contributed by atoms with Gasteiger partial charge in [-0.05, 0) is 49.3 Å². The van der Waals surface area contributed by atoms with Crippen LogP contribution in [0.15, 0.2) is 53.3 Å². The number of aromatic amines is 1. The minimum atomic E-state index is -0.0667. The van der Waals surface area contributed by atoms with Gasteiger partial charge >= 0.3 is 0 Å². The van der Waals surface area contributed by atoms with Crippen LogP contribution in [0.25, 0.3) is 21.1 Å². The van der Waals surface area contributed by atoms with Crippen LogP contribution >= 0.6 is 23.6 Å². The number of hydrogen-bond acceptors (Lipinski definition) is 5. The molecule has 0 saturated carbocycles. The van der Waals surface area contributed by atoms with Gasteiger partial charge in [-0.15, -0.1) is 11.3 Å². The molecule has 0 saturated heterocycles. The molecule has 2 aromatic carbocycles. The standard InChI is InChI=1S/C22H22N4O2S2/c27-19(23-14-20-24-17-10-5-6-11-18(17)30-20)12-2-1-7-13-26-21(28)15-8-3-4-9-16(15)25-22(26)29/h3-6,8-11H,1-2,7,12-14H2,(H,23,27)(H,25,29). The first-order chi connectivity index (χ1) is 14.6. The summed E-state index contributed by atoms with van der Waals surface area (Å²) < 4.78 is 3.17. The van der Waals surface area contributed by atoms with Crippen LogP contribution in [0, 0.1) is 4.77 Å². The fourth-order valence-electron chi connectivity index (χ4n) is 3.39. The molecule has 0 atom stereocenters. The topological polar surface area (TPSA) is 79.8 Å². The SMILES string of the molecule is O=C(CCCCCn1c(=S)[nH]c2ccccc2c1=O)NCc1nc2ccccc2s1. The van der Waals surface area contributed by atoms with Crippen LogP contribution in [0.3, 0.4) is 0 Å². The first-order valence-electron chi connectivity index (χ1n) is 9.95. The zero-order chi connectivity index (χ0) is 20.9. The Morgan fingerprint density at radius 2 is 1.90 bits per heavy atom. The summed E-state index contributed by atoms with van der Waals surface area (Å²) >= 11 is 6.93. The normalized spacial score (nSPS) is 11.2. The van der Waals surface area contributed by atoms with Gasteiger partial charge in [-0.1, -0.05) is 30.7 Å². The van der Waals surface area contributed by atoms with Crippen molar-refractivity contribution in [2.45, 2.75) is 38.8 Å². The van der Waals surface area contributed by atoms with Crippen LogP contribution in [0.4, 0.5) is 0 Å². The van der Waals surface area contributed by atoms with E-state index in [4.69, 9.17) is 12.2 Å². The van der Waals surface area contributed by atoms with E-state index in [1.165, 1.54) is 0 Å². The first kappa shape index (κ1) is 20.4. The lowest BCUT2D eigenvalue weighted by molar-refractivity contribution is -0.121. The van der Waals surface area contributed by atoms with E-state index in [0.29, 0.717) is 29.7 Å². The van der Waals surface area contributed by atoms with Gasteiger partial charge in [-0.2, -0.15) is 0 Å². The molecule has 30 heavy (non-hydrogen) atoms. The van der Waals surface area contributed by atoms with E-state index in [1.807, 2.05) is 42.5 Å². The number of hydrogen-bond donors (Lipinski definition) is 2. The van der Waals surface area contributed by atoms with Crippen molar-refractivity contribution in [3.63, 3.8) is 0 Å². The van der Waals surface area contributed by atoms with Gasteiger partial charge in [0.05, 0.1) is 27.7 Å². The molecule has 154 valence electrons. The maximum absolute atomic E-state index is 12.6. The highest BCUT2D eigenvalue weighted by Gasteiger charge is 2.07. The molecule has 0 unspecified atom stereocenters. The molecular formula is C22H22N4O2S2. The van der Waals surface area contributed by atoms with Crippen molar-refractivity contribution in [3.05, 3.63) is 68.7 Å². The van der Waals surface area contributed by atoms with Crippen LogP contribution < -0.4 is 10.9 Å². The van der Waals surface area contributed by atoms with E-state index in [2.05, 4.69) is 15.3 Å². The average Bonchev–Trinajstić information content (AvgIpc) is 3.17. The Labute approximate surface area is 182 Å². The number of amides is 1. The van der Waals surface area contributed by atoms with Gasteiger partial charge in [0, 0.05) is 13.0 Å². The maximum atomic E-state index is 12.6. The van der Waals surface area contributed by atoms with Crippen molar-refractivity contribution >= 4 is 50.6 Å². The lowest BCUT2D eigenvalue weighted by atomic mass is 10.2. The Kier molecular flexibility index (Phi) is 6.35. The lowest BCUT2D eigenvalue weighted by Crippen LogP contribution is -2.23. The Hall–Kier alpha value is -2.84. The number of rotatable bonds is 8. The molecule has 2 N–H and O–H groups in total. The van der Waals surface area contributed by atoms with Gasteiger partial charge in [-0.3, -0.25) is 14.2 Å². The molecule has 2 aromatic heterocycles. The van der Waals surface area contributed by atoms with E-state index in [9.17, 15) is 9.59 Å². The van der Waals surface area contributed by atoms with Gasteiger partial charge < -0.3 is 10.3 Å². The zero-order valence-electron chi connectivity index (χ0n) is 16.4. The van der Waals surface area contributed by atoms with Crippen LogP contribution in [-0.2, 0) is 17.9 Å². The summed E-state index contributed by atoms with van der Waals surface area (Å²) in [5.41, 5.74) is 1.66. The second-order valence-corrected chi connectivity index (χ2v) is 8.60. The van der Waals surface area contributed by atoms with Gasteiger partial charge in [0.25, 0.3) is 5.56 Å². The van der Waals surface area contributed by atoms with Gasteiger partial charge in [-0.25, -0.2) is 4.98 Å². The van der Waals surface area contributed by atoms with Crippen LogP contribution in [0.1, 0.15) is 30.7 Å². The van der Waals surface area contributed by atoms with E-state index in [-0.39, 0.29) is 11.5 Å². The molecule has 0 bridgehead atoms. The molecular weight excluding hydrogens is 416 g/mol. The number of H-pyrrole nitrogens is 1. The predicted molar refractivity (Wildman–Crippen MR) is 123 cm³/mol. The highest BCUT2D eigenvalue weighted by molar-refractivity contribution is 7.71. The minimum absolute atomic E-state index is 0.0226. The number of fused-ring (bicyclic) bond motifs is 2. The van der Waals surface area contributed by atoms with Crippen molar-refractivity contribution in [2.75, 3.05) is 0 Å². The fraction of sp³-hybridized carbons (Fsp3) is 0.273. The first-order valence-corrected chi connectivity index (χ1v) is 11.2. The molecule has 4 aromatic rings. The molecule has 0 radical (unpaired) electrons. The maximum Gasteiger partial charge on any atom is 0.262 e. The van der Waals surface area contributed by atoms with E-state index in [1.54, 1.807) is 22.0 Å². The molecule has 1 amide bonds. The van der Waals surface area contributed by atoms with Crippen molar-refractivity contribution in [1.82, 2.24) is 19.9 Å². The summed E-state index contributed by atoms with van der Waals surface area (Å²) in [7, 11) is 0. The summed E-state index contributed by atoms with van der Waals surface area (Å²) in [6, 6.07) is 15.3. The van der Waals surface area contributed by atoms with E-state index >= 15 is 0 Å². The Morgan fingerprint density at radius 1 is 1.10 bits per heavy atom. The van der Waals surface area contributed by atoms with Gasteiger partial charge in [0.15, 0.2) is 4.77 Å². The molecule has 0 spiro atoms. The largest absolute Gasteiger partial charge is 0.350 e. The summed E-state index contributed by atoms with van der Waals surface area (Å²) in [6.45, 7) is 1.01. The molecule has 0 aliphatic carbocycles. The molecule has 4 rings (SSSR count). The number of thiazole rings is 1. The minimum Gasteiger partial charge on any atom is -0.350 e. The van der Waals surface area contributed by atoms with Gasteiger partial charge in [0.1, 0.15) is 5.01 Å². The smallest absolute Gasteiger partial charge is 0.262 e. The number of benzene rings is 2. The number of nitrogens with zero attached hydrogens (tertiary/aromatic N) is 2. The second kappa shape index (κ2) is 9.32. The third-order valence-electron chi connectivity index (χ3n) is 4.95. The molecule has 2 heterocycles. The summed E-state index contributed by atoms with van der Waals surface area (Å²) in [5, 5.41) is 4.49.